The molecule has 3 aromatic heterocycles. The van der Waals surface area contributed by atoms with E-state index in [9.17, 15) is 32.0 Å². The number of nitrogens with one attached hydrogen (secondary N) is 4. The summed E-state index contributed by atoms with van der Waals surface area (Å²) in [5, 5.41) is 5.43. The second-order valence-electron chi connectivity index (χ2n) is 18.4. The summed E-state index contributed by atoms with van der Waals surface area (Å²) in [4.78, 5) is 71.9. The van der Waals surface area contributed by atoms with Gasteiger partial charge < -0.3 is 20.1 Å². The number of imide groups is 1. The van der Waals surface area contributed by atoms with Crippen molar-refractivity contribution in [3.05, 3.63) is 95.4 Å². The zero-order valence-electron chi connectivity index (χ0n) is 37.7. The van der Waals surface area contributed by atoms with Crippen molar-refractivity contribution < 1.29 is 40.8 Å². The van der Waals surface area contributed by atoms with E-state index in [1.165, 1.54) is 6.20 Å². The van der Waals surface area contributed by atoms with Crippen LogP contribution in [-0.2, 0) is 26.2 Å². The van der Waals surface area contributed by atoms with Gasteiger partial charge in [0.25, 0.3) is 0 Å². The number of alkyl halides is 1. The van der Waals surface area contributed by atoms with Crippen LogP contribution in [0.3, 0.4) is 0 Å². The third-order valence-corrected chi connectivity index (χ3v) is 15.5. The van der Waals surface area contributed by atoms with Gasteiger partial charge in [-0.2, -0.15) is 12.7 Å². The Morgan fingerprint density at radius 3 is 2.36 bits per heavy atom. The largest absolute Gasteiger partial charge is 0.372 e. The van der Waals surface area contributed by atoms with Gasteiger partial charge in [0.05, 0.1) is 11.3 Å². The van der Waals surface area contributed by atoms with Gasteiger partial charge >= 0.3 is 16.2 Å². The molecule has 0 unspecified atom stereocenters. The molecule has 362 valence electrons. The van der Waals surface area contributed by atoms with Crippen LogP contribution in [0.4, 0.5) is 40.8 Å². The van der Waals surface area contributed by atoms with Crippen molar-refractivity contribution in [3.8, 4) is 11.1 Å². The average Bonchev–Trinajstić information content (AvgIpc) is 4.00. The van der Waals surface area contributed by atoms with E-state index in [0.29, 0.717) is 34.9 Å². The molecule has 0 radical (unpaired) electrons. The minimum Gasteiger partial charge on any atom is -0.372 e. The summed E-state index contributed by atoms with van der Waals surface area (Å²) >= 11 is 0. The molecule has 2 aromatic carbocycles. The molecule has 5 aromatic rings. The lowest BCUT2D eigenvalue weighted by molar-refractivity contribution is -0.134. The Balaban J connectivity index is 0.730. The monoisotopic (exact) mass is 967 g/mol. The molecule has 5 aliphatic rings. The number of halogens is 3. The molecule has 4 amide bonds. The molecule has 0 spiro atoms. The Morgan fingerprint density at radius 1 is 0.841 bits per heavy atom. The number of amides is 4. The number of urea groups is 1. The summed E-state index contributed by atoms with van der Waals surface area (Å²) in [6, 6.07) is 12.4. The van der Waals surface area contributed by atoms with Gasteiger partial charge in [0.15, 0.2) is 5.82 Å². The van der Waals surface area contributed by atoms with Crippen molar-refractivity contribution in [1.82, 2.24) is 34.8 Å². The molecule has 2 atom stereocenters. The van der Waals surface area contributed by atoms with Crippen molar-refractivity contribution in [1.29, 1.82) is 0 Å². The van der Waals surface area contributed by atoms with Crippen molar-refractivity contribution in [2.75, 3.05) is 84.9 Å². The predicted octanol–water partition coefficient (Wildman–Crippen LogP) is 5.14. The maximum Gasteiger partial charge on any atom is 0.323 e. The number of hydrogen-bond donors (Lipinski definition) is 4. The SMILES string of the molecule is O=C1CC[C@H](NC(=O)N2CCCc3c(N4CCN(CC5CCN(c6ccc(-c7cnc8[nH]cc(C(=O)c9c(F)ccc(NS(=O)(=O)N%10CC[C@@H](F)C%10)c9F)c8c7)cc6)CC5)CC4)ccnc32)C(=O)N1. The number of carbonyl (C=O) groups is 4. The molecule has 10 rings (SSSR count). The van der Waals surface area contributed by atoms with Crippen molar-refractivity contribution >= 4 is 67.8 Å². The van der Waals surface area contributed by atoms with Crippen LogP contribution in [0.1, 0.15) is 60.0 Å². The van der Waals surface area contributed by atoms with Crippen LogP contribution >= 0.6 is 0 Å². The number of H-pyrrole nitrogens is 1. The van der Waals surface area contributed by atoms with Crippen LogP contribution < -0.4 is 30.1 Å². The normalized spacial score (nSPS) is 20.8. The van der Waals surface area contributed by atoms with Crippen LogP contribution in [0.25, 0.3) is 22.2 Å². The molecule has 0 bridgehead atoms. The first-order valence-electron chi connectivity index (χ1n) is 23.4. The Morgan fingerprint density at radius 2 is 1.62 bits per heavy atom. The number of nitrogens with zero attached hydrogens (tertiary/aromatic N) is 7. The predicted molar refractivity (Wildman–Crippen MR) is 253 cm³/mol. The number of ketones is 1. The molecule has 4 saturated heterocycles. The number of piperidine rings is 2. The third kappa shape index (κ3) is 9.46. The molecule has 5 aliphatic heterocycles. The summed E-state index contributed by atoms with van der Waals surface area (Å²) in [7, 11) is -4.36. The van der Waals surface area contributed by atoms with E-state index in [4.69, 9.17) is 0 Å². The van der Waals surface area contributed by atoms with E-state index in [0.717, 1.165) is 110 Å². The molecule has 69 heavy (non-hydrogen) atoms. The number of aromatic amines is 1. The molecule has 8 heterocycles. The van der Waals surface area contributed by atoms with E-state index in [1.807, 2.05) is 22.9 Å². The molecular weight excluding hydrogens is 916 g/mol. The second kappa shape index (κ2) is 19.1. The number of carbonyl (C=O) groups excluding carboxylic acids is 4. The Hall–Kier alpha value is -6.58. The number of aromatic nitrogens is 3. The highest BCUT2D eigenvalue weighted by molar-refractivity contribution is 7.90. The Bertz CT molecular complexity index is 2920. The van der Waals surface area contributed by atoms with Crippen LogP contribution in [0, 0.1) is 17.6 Å². The highest BCUT2D eigenvalue weighted by Gasteiger charge is 2.35. The highest BCUT2D eigenvalue weighted by atomic mass is 32.2. The topological polar surface area (TPSA) is 196 Å². The Labute approximate surface area is 396 Å². The van der Waals surface area contributed by atoms with Crippen molar-refractivity contribution in [3.63, 3.8) is 0 Å². The first-order valence-corrected chi connectivity index (χ1v) is 24.9. The zero-order chi connectivity index (χ0) is 48.0. The van der Waals surface area contributed by atoms with Crippen LogP contribution in [0.2, 0.25) is 0 Å². The van der Waals surface area contributed by atoms with E-state index in [-0.39, 0.29) is 49.9 Å². The summed E-state index contributed by atoms with van der Waals surface area (Å²) in [5.41, 5.74) is 3.44. The lowest BCUT2D eigenvalue weighted by Crippen LogP contribution is -2.56. The lowest BCUT2D eigenvalue weighted by Gasteiger charge is -2.41. The third-order valence-electron chi connectivity index (χ3n) is 14.0. The second-order valence-corrected chi connectivity index (χ2v) is 20.1. The van der Waals surface area contributed by atoms with Gasteiger partial charge in [0.1, 0.15) is 29.5 Å². The minimum absolute atomic E-state index is 0.00217. The number of hydrogen-bond acceptors (Lipinski definition) is 11. The number of benzene rings is 2. The maximum atomic E-state index is 15.8. The number of fused-ring (bicyclic) bond motifs is 2. The van der Waals surface area contributed by atoms with Gasteiger partial charge in [-0.1, -0.05) is 12.1 Å². The maximum absolute atomic E-state index is 15.8. The summed E-state index contributed by atoms with van der Waals surface area (Å²) in [6.07, 6.45) is 7.51. The van der Waals surface area contributed by atoms with E-state index < -0.39 is 57.0 Å². The van der Waals surface area contributed by atoms with Crippen LogP contribution in [0.5, 0.6) is 0 Å². The van der Waals surface area contributed by atoms with Gasteiger partial charge in [0, 0.05) is 124 Å². The van der Waals surface area contributed by atoms with E-state index >= 15 is 8.78 Å². The quantitative estimate of drug-likeness (QED) is 0.101. The summed E-state index contributed by atoms with van der Waals surface area (Å²) in [6.45, 7) is 6.41. The van der Waals surface area contributed by atoms with Gasteiger partial charge in [-0.15, -0.1) is 0 Å². The van der Waals surface area contributed by atoms with Crippen molar-refractivity contribution in [2.45, 2.75) is 57.2 Å². The fourth-order valence-electron chi connectivity index (χ4n) is 10.2. The van der Waals surface area contributed by atoms with E-state index in [2.05, 4.69) is 52.4 Å². The van der Waals surface area contributed by atoms with Gasteiger partial charge in [-0.05, 0) is 86.4 Å². The van der Waals surface area contributed by atoms with Crippen LogP contribution in [0.15, 0.2) is 67.1 Å². The van der Waals surface area contributed by atoms with E-state index in [1.54, 1.807) is 23.4 Å². The summed E-state index contributed by atoms with van der Waals surface area (Å²) in [5.74, 6) is -3.19. The molecule has 0 saturated carbocycles. The minimum atomic E-state index is -4.36. The van der Waals surface area contributed by atoms with Gasteiger partial charge in [-0.25, -0.2) is 27.9 Å². The number of piperazine rings is 1. The zero-order valence-corrected chi connectivity index (χ0v) is 38.5. The lowest BCUT2D eigenvalue weighted by atomic mass is 9.95. The molecule has 17 nitrogen and oxygen atoms in total. The standard InChI is InChI=1S/C48H52F3N11O6S/c49-32-14-19-61(28-32)69(67,68)57-38-8-7-37(50)42(43(38)51)44(64)36-26-54-45-35(36)24-31(25-53-45)30-3-5-33(6-4-30)59-17-12-29(13-18-59)27-58-20-22-60(23-21-58)40-11-15-52-46-34(40)2-1-16-62(46)48(66)55-39-9-10-41(63)56-47(39)65/h3-8,11,15,24-26,29,32,39,57H,1-2,9-10,12-14,16-23,27-28H2,(H,53,54)(H,55,66)(H,56,63,65)/t32-,39+/m1/s1. The fourth-order valence-corrected chi connectivity index (χ4v) is 11.5. The number of pyridine rings is 2. The molecule has 4 fully saturated rings. The molecule has 4 N–H and O–H groups in total. The smallest absolute Gasteiger partial charge is 0.323 e. The number of rotatable bonds is 11. The molecule has 0 aliphatic carbocycles. The Kier molecular flexibility index (Phi) is 12.8. The summed E-state index contributed by atoms with van der Waals surface area (Å²) < 4.78 is 73.2. The average molecular weight is 968 g/mol. The molecule has 21 heteroatoms. The molecular formula is C48H52F3N11O6S. The fraction of sp³-hybridized carbons (Fsp3) is 0.417. The number of anilines is 4. The van der Waals surface area contributed by atoms with Gasteiger partial charge in [0.2, 0.25) is 17.6 Å². The van der Waals surface area contributed by atoms with Crippen LogP contribution in [-0.4, -0.2) is 134 Å². The van der Waals surface area contributed by atoms with Crippen molar-refractivity contribution in [2.24, 2.45) is 5.92 Å². The van der Waals surface area contributed by atoms with Gasteiger partial charge in [-0.3, -0.25) is 34.2 Å². The highest BCUT2D eigenvalue weighted by Crippen LogP contribution is 2.35. The first-order chi connectivity index (χ1) is 33.3. The first kappa shape index (κ1) is 46.2.